The molecule has 0 aromatic rings. The topological polar surface area (TPSA) is 90.5 Å². The Morgan fingerprint density at radius 1 is 1.40 bits per heavy atom. The van der Waals surface area contributed by atoms with Crippen molar-refractivity contribution in [2.75, 3.05) is 7.05 Å². The van der Waals surface area contributed by atoms with Crippen LogP contribution < -0.4 is 16.0 Å². The van der Waals surface area contributed by atoms with E-state index < -0.39 is 12.1 Å². The standard InChI is InChI=1S/C9H17N3O3/c1-5(8(14)12-9(15)10-2)11-6-3-7(13)4-6/h5-7,11,13H,3-4H2,1-2H3,(H2,10,12,14,15). The van der Waals surface area contributed by atoms with Gasteiger partial charge in [-0.05, 0) is 19.8 Å². The van der Waals surface area contributed by atoms with E-state index in [0.717, 1.165) is 0 Å². The maximum Gasteiger partial charge on any atom is 0.321 e. The zero-order valence-corrected chi connectivity index (χ0v) is 8.91. The van der Waals surface area contributed by atoms with Crippen LogP contribution >= 0.6 is 0 Å². The van der Waals surface area contributed by atoms with Gasteiger partial charge >= 0.3 is 6.03 Å². The highest BCUT2D eigenvalue weighted by atomic mass is 16.3. The first-order chi connectivity index (χ1) is 7.02. The quantitative estimate of drug-likeness (QED) is 0.483. The number of carbonyl (C=O) groups excluding carboxylic acids is 2. The van der Waals surface area contributed by atoms with Gasteiger partial charge in [0.1, 0.15) is 0 Å². The molecule has 6 nitrogen and oxygen atoms in total. The fraction of sp³-hybridized carbons (Fsp3) is 0.778. The van der Waals surface area contributed by atoms with Crippen molar-refractivity contribution in [3.63, 3.8) is 0 Å². The molecule has 0 aromatic carbocycles. The molecular formula is C9H17N3O3. The summed E-state index contributed by atoms with van der Waals surface area (Å²) in [4.78, 5) is 22.2. The smallest absolute Gasteiger partial charge is 0.321 e. The van der Waals surface area contributed by atoms with Crippen molar-refractivity contribution in [3.05, 3.63) is 0 Å². The van der Waals surface area contributed by atoms with E-state index in [0.29, 0.717) is 12.8 Å². The molecule has 1 saturated carbocycles. The van der Waals surface area contributed by atoms with E-state index in [1.807, 2.05) is 0 Å². The Kier molecular flexibility index (Phi) is 4.05. The molecule has 1 aliphatic carbocycles. The van der Waals surface area contributed by atoms with E-state index in [4.69, 9.17) is 5.11 Å². The third kappa shape index (κ3) is 3.49. The molecule has 1 rings (SSSR count). The second kappa shape index (κ2) is 5.09. The summed E-state index contributed by atoms with van der Waals surface area (Å²) in [5.41, 5.74) is 0. The van der Waals surface area contributed by atoms with Crippen LogP contribution in [0.5, 0.6) is 0 Å². The maximum atomic E-state index is 11.4. The number of nitrogens with one attached hydrogen (secondary N) is 3. The molecule has 6 heteroatoms. The monoisotopic (exact) mass is 215 g/mol. The lowest BCUT2D eigenvalue weighted by molar-refractivity contribution is -0.122. The number of hydrogen-bond acceptors (Lipinski definition) is 4. The van der Waals surface area contributed by atoms with Gasteiger partial charge in [-0.15, -0.1) is 0 Å². The average Bonchev–Trinajstić information content (AvgIpc) is 2.15. The molecule has 0 radical (unpaired) electrons. The number of amides is 3. The summed E-state index contributed by atoms with van der Waals surface area (Å²) in [6, 6.07) is -0.771. The average molecular weight is 215 g/mol. The molecule has 0 heterocycles. The Morgan fingerprint density at radius 2 is 2.00 bits per heavy atom. The number of imide groups is 1. The number of rotatable bonds is 3. The first-order valence-electron chi connectivity index (χ1n) is 4.99. The molecule has 0 saturated heterocycles. The largest absolute Gasteiger partial charge is 0.393 e. The van der Waals surface area contributed by atoms with E-state index in [1.165, 1.54) is 7.05 Å². The van der Waals surface area contributed by atoms with Crippen LogP contribution in [-0.2, 0) is 4.79 Å². The number of hydrogen-bond donors (Lipinski definition) is 4. The van der Waals surface area contributed by atoms with Gasteiger partial charge in [0.25, 0.3) is 0 Å². The van der Waals surface area contributed by atoms with Gasteiger partial charge in [0, 0.05) is 13.1 Å². The lowest BCUT2D eigenvalue weighted by Gasteiger charge is -2.33. The summed E-state index contributed by atoms with van der Waals surface area (Å²) >= 11 is 0. The molecule has 1 fully saturated rings. The highest BCUT2D eigenvalue weighted by Gasteiger charge is 2.29. The summed E-state index contributed by atoms with van der Waals surface area (Å²) < 4.78 is 0. The van der Waals surface area contributed by atoms with E-state index in [2.05, 4.69) is 16.0 Å². The normalized spacial score (nSPS) is 26.3. The van der Waals surface area contributed by atoms with E-state index in [9.17, 15) is 9.59 Å². The maximum absolute atomic E-state index is 11.4. The minimum Gasteiger partial charge on any atom is -0.393 e. The summed E-state index contributed by atoms with van der Waals surface area (Å²) in [6.45, 7) is 1.68. The lowest BCUT2D eigenvalue weighted by Crippen LogP contribution is -2.54. The molecule has 4 N–H and O–H groups in total. The van der Waals surface area contributed by atoms with Gasteiger partial charge in [-0.1, -0.05) is 0 Å². The SMILES string of the molecule is CNC(=O)NC(=O)C(C)NC1CC(O)C1. The van der Waals surface area contributed by atoms with Crippen LogP contribution in [0.1, 0.15) is 19.8 Å². The second-order valence-corrected chi connectivity index (χ2v) is 3.78. The molecule has 1 unspecified atom stereocenters. The zero-order valence-electron chi connectivity index (χ0n) is 8.91. The van der Waals surface area contributed by atoms with Crippen molar-refractivity contribution in [2.24, 2.45) is 0 Å². The summed E-state index contributed by atoms with van der Waals surface area (Å²) in [6.07, 6.45) is 1.08. The Bertz CT molecular complexity index is 251. The highest BCUT2D eigenvalue weighted by Crippen LogP contribution is 2.19. The van der Waals surface area contributed by atoms with Gasteiger partial charge in [-0.25, -0.2) is 4.79 Å². The molecule has 3 amide bonds. The van der Waals surface area contributed by atoms with Crippen molar-refractivity contribution >= 4 is 11.9 Å². The summed E-state index contributed by atoms with van der Waals surface area (Å²) in [7, 11) is 1.45. The lowest BCUT2D eigenvalue weighted by atomic mass is 9.89. The van der Waals surface area contributed by atoms with Crippen LogP contribution in [0.3, 0.4) is 0 Å². The molecule has 0 aliphatic heterocycles. The third-order valence-electron chi connectivity index (χ3n) is 2.46. The highest BCUT2D eigenvalue weighted by molar-refractivity contribution is 5.96. The molecule has 0 aromatic heterocycles. The van der Waals surface area contributed by atoms with Crippen molar-refractivity contribution in [3.8, 4) is 0 Å². The number of aliphatic hydroxyl groups is 1. The number of urea groups is 1. The van der Waals surface area contributed by atoms with Gasteiger partial charge in [0.15, 0.2) is 0 Å². The predicted molar refractivity (Wildman–Crippen MR) is 54.2 cm³/mol. The fourth-order valence-corrected chi connectivity index (χ4v) is 1.44. The Hall–Kier alpha value is -1.14. The van der Waals surface area contributed by atoms with Crippen molar-refractivity contribution < 1.29 is 14.7 Å². The van der Waals surface area contributed by atoms with Crippen molar-refractivity contribution in [1.82, 2.24) is 16.0 Å². The van der Waals surface area contributed by atoms with Gasteiger partial charge in [0.05, 0.1) is 12.1 Å². The molecule has 1 atom stereocenters. The Balaban J connectivity index is 2.24. The Labute approximate surface area is 88.4 Å². The summed E-state index contributed by atoms with van der Waals surface area (Å²) in [5, 5.41) is 16.6. The molecular weight excluding hydrogens is 198 g/mol. The minimum atomic E-state index is -0.512. The van der Waals surface area contributed by atoms with Crippen LogP contribution in [-0.4, -0.2) is 42.3 Å². The Morgan fingerprint density at radius 3 is 2.47 bits per heavy atom. The fourth-order valence-electron chi connectivity index (χ4n) is 1.44. The van der Waals surface area contributed by atoms with Crippen molar-refractivity contribution in [1.29, 1.82) is 0 Å². The van der Waals surface area contributed by atoms with Crippen LogP contribution in [0.25, 0.3) is 0 Å². The van der Waals surface area contributed by atoms with E-state index in [-0.39, 0.29) is 18.1 Å². The molecule has 15 heavy (non-hydrogen) atoms. The van der Waals surface area contributed by atoms with E-state index >= 15 is 0 Å². The molecule has 1 aliphatic rings. The molecule has 0 spiro atoms. The zero-order chi connectivity index (χ0) is 11.4. The predicted octanol–water partition coefficient (Wildman–Crippen LogP) is -1.06. The van der Waals surface area contributed by atoms with Crippen LogP contribution in [0, 0.1) is 0 Å². The van der Waals surface area contributed by atoms with Gasteiger partial charge in [-0.2, -0.15) is 0 Å². The number of aliphatic hydroxyl groups excluding tert-OH is 1. The van der Waals surface area contributed by atoms with E-state index in [1.54, 1.807) is 6.92 Å². The second-order valence-electron chi connectivity index (χ2n) is 3.78. The van der Waals surface area contributed by atoms with Crippen molar-refractivity contribution in [2.45, 2.75) is 38.0 Å². The first-order valence-corrected chi connectivity index (χ1v) is 4.99. The van der Waals surface area contributed by atoms with Gasteiger partial charge < -0.3 is 15.7 Å². The first kappa shape index (κ1) is 11.9. The van der Waals surface area contributed by atoms with Crippen LogP contribution in [0.4, 0.5) is 4.79 Å². The van der Waals surface area contributed by atoms with Crippen LogP contribution in [0.2, 0.25) is 0 Å². The van der Waals surface area contributed by atoms with Gasteiger partial charge in [0.2, 0.25) is 5.91 Å². The minimum absolute atomic E-state index is 0.172. The molecule has 86 valence electrons. The third-order valence-corrected chi connectivity index (χ3v) is 2.46. The molecule has 0 bridgehead atoms. The van der Waals surface area contributed by atoms with Crippen LogP contribution in [0.15, 0.2) is 0 Å². The van der Waals surface area contributed by atoms with Gasteiger partial charge in [-0.3, -0.25) is 10.1 Å². The number of carbonyl (C=O) groups is 2. The summed E-state index contributed by atoms with van der Waals surface area (Å²) in [5.74, 6) is -0.365.